The van der Waals surface area contributed by atoms with Crippen LogP contribution in [0.15, 0.2) is 0 Å². The average molecular weight is 259 g/mol. The molecule has 1 amide bonds. The van der Waals surface area contributed by atoms with Crippen molar-refractivity contribution in [3.05, 3.63) is 0 Å². The van der Waals surface area contributed by atoms with Gasteiger partial charge in [0.1, 0.15) is 0 Å². The lowest BCUT2D eigenvalue weighted by Crippen LogP contribution is -2.51. The molecule has 3 nitrogen and oxygen atoms in total. The van der Waals surface area contributed by atoms with Gasteiger partial charge in [0.25, 0.3) is 0 Å². The van der Waals surface area contributed by atoms with E-state index in [-0.39, 0.29) is 11.5 Å². The maximum Gasteiger partial charge on any atom is 0.407 e. The maximum atomic E-state index is 11.3. The summed E-state index contributed by atoms with van der Waals surface area (Å²) in [6, 6.07) is 0.167. The Kier molecular flexibility index (Phi) is 5.17. The average Bonchev–Trinajstić information content (AvgIpc) is 2.24. The molecular formula is C13H25NO2S. The van der Waals surface area contributed by atoms with Crippen LogP contribution in [0.1, 0.15) is 40.0 Å². The molecule has 2 atom stereocenters. The SMILES string of the molecule is CSCCC1CCN(C(=O)O)C(C(C)(C)C)C1. The molecule has 1 aliphatic rings. The van der Waals surface area contributed by atoms with Gasteiger partial charge >= 0.3 is 6.09 Å². The Morgan fingerprint density at radius 1 is 1.47 bits per heavy atom. The van der Waals surface area contributed by atoms with Crippen LogP contribution in [0.4, 0.5) is 4.79 Å². The lowest BCUT2D eigenvalue weighted by Gasteiger charge is -2.44. The fraction of sp³-hybridized carbons (Fsp3) is 0.923. The van der Waals surface area contributed by atoms with Gasteiger partial charge in [-0.05, 0) is 42.6 Å². The first-order chi connectivity index (χ1) is 7.86. The number of carbonyl (C=O) groups is 1. The second-order valence-electron chi connectivity index (χ2n) is 6.03. The van der Waals surface area contributed by atoms with E-state index >= 15 is 0 Å². The van der Waals surface area contributed by atoms with Crippen LogP contribution < -0.4 is 0 Å². The Morgan fingerprint density at radius 3 is 2.59 bits per heavy atom. The fourth-order valence-corrected chi connectivity index (χ4v) is 3.20. The minimum Gasteiger partial charge on any atom is -0.465 e. The quantitative estimate of drug-likeness (QED) is 0.842. The highest BCUT2D eigenvalue weighted by Gasteiger charge is 2.38. The summed E-state index contributed by atoms with van der Waals surface area (Å²) >= 11 is 1.88. The minimum atomic E-state index is -0.756. The number of hydrogen-bond donors (Lipinski definition) is 1. The number of carboxylic acid groups (broad SMARTS) is 1. The summed E-state index contributed by atoms with van der Waals surface area (Å²) < 4.78 is 0. The molecule has 1 aliphatic heterocycles. The van der Waals surface area contributed by atoms with Gasteiger partial charge in [0, 0.05) is 12.6 Å². The van der Waals surface area contributed by atoms with Crippen LogP contribution >= 0.6 is 11.8 Å². The molecule has 0 saturated carbocycles. The summed E-state index contributed by atoms with van der Waals surface area (Å²) in [5.74, 6) is 1.89. The van der Waals surface area contributed by atoms with E-state index in [9.17, 15) is 9.90 Å². The Labute approximate surface area is 109 Å². The van der Waals surface area contributed by atoms with E-state index in [4.69, 9.17) is 0 Å². The van der Waals surface area contributed by atoms with Crippen molar-refractivity contribution in [2.24, 2.45) is 11.3 Å². The number of likely N-dealkylation sites (tertiary alicyclic amines) is 1. The largest absolute Gasteiger partial charge is 0.465 e. The molecule has 100 valence electrons. The number of piperidine rings is 1. The van der Waals surface area contributed by atoms with Crippen LogP contribution in [0.2, 0.25) is 0 Å². The topological polar surface area (TPSA) is 40.5 Å². The van der Waals surface area contributed by atoms with Gasteiger partial charge in [-0.2, -0.15) is 11.8 Å². The normalized spacial score (nSPS) is 26.0. The number of nitrogens with zero attached hydrogens (tertiary/aromatic N) is 1. The zero-order chi connectivity index (χ0) is 13.1. The van der Waals surface area contributed by atoms with Crippen molar-refractivity contribution in [1.82, 2.24) is 4.90 Å². The molecule has 0 aliphatic carbocycles. The standard InChI is InChI=1S/C13H25NO2S/c1-13(2,3)11-9-10(6-8-17-4)5-7-14(11)12(15)16/h10-11H,5-9H2,1-4H3,(H,15,16). The molecule has 4 heteroatoms. The molecule has 0 bridgehead atoms. The van der Waals surface area contributed by atoms with Gasteiger partial charge in [-0.15, -0.1) is 0 Å². The Bertz CT molecular complexity index is 263. The van der Waals surface area contributed by atoms with Crippen molar-refractivity contribution in [3.63, 3.8) is 0 Å². The summed E-state index contributed by atoms with van der Waals surface area (Å²) in [5.41, 5.74) is 0.0381. The van der Waals surface area contributed by atoms with Crippen molar-refractivity contribution < 1.29 is 9.90 Å². The van der Waals surface area contributed by atoms with Crippen LogP contribution in [0.5, 0.6) is 0 Å². The van der Waals surface area contributed by atoms with Crippen molar-refractivity contribution in [1.29, 1.82) is 0 Å². The van der Waals surface area contributed by atoms with Gasteiger partial charge < -0.3 is 10.0 Å². The molecule has 1 rings (SSSR count). The highest BCUT2D eigenvalue weighted by Crippen LogP contribution is 2.36. The van der Waals surface area contributed by atoms with E-state index in [1.165, 1.54) is 12.2 Å². The van der Waals surface area contributed by atoms with Crippen LogP contribution in [0.25, 0.3) is 0 Å². The molecule has 0 aromatic carbocycles. The van der Waals surface area contributed by atoms with Crippen LogP contribution in [-0.4, -0.2) is 40.7 Å². The van der Waals surface area contributed by atoms with E-state index in [1.54, 1.807) is 4.90 Å². The van der Waals surface area contributed by atoms with Gasteiger partial charge in [0.2, 0.25) is 0 Å². The molecule has 1 N–H and O–H groups in total. The van der Waals surface area contributed by atoms with Gasteiger partial charge in [0.15, 0.2) is 0 Å². The second kappa shape index (κ2) is 5.98. The third-order valence-corrected chi connectivity index (χ3v) is 4.33. The summed E-state index contributed by atoms with van der Waals surface area (Å²) in [6.07, 6.45) is 4.65. The van der Waals surface area contributed by atoms with Crippen molar-refractivity contribution in [2.45, 2.75) is 46.1 Å². The molecule has 1 heterocycles. The molecular weight excluding hydrogens is 234 g/mol. The maximum absolute atomic E-state index is 11.3. The van der Waals surface area contributed by atoms with Gasteiger partial charge in [-0.3, -0.25) is 0 Å². The second-order valence-corrected chi connectivity index (χ2v) is 7.02. The first-order valence-electron chi connectivity index (χ1n) is 6.34. The highest BCUT2D eigenvalue weighted by molar-refractivity contribution is 7.98. The summed E-state index contributed by atoms with van der Waals surface area (Å²) in [6.45, 7) is 7.13. The van der Waals surface area contributed by atoms with Crippen LogP contribution in [0.3, 0.4) is 0 Å². The number of rotatable bonds is 3. The third kappa shape index (κ3) is 4.09. The van der Waals surface area contributed by atoms with Crippen LogP contribution in [0, 0.1) is 11.3 Å². The Hall–Kier alpha value is -0.380. The molecule has 0 aromatic heterocycles. The summed E-state index contributed by atoms with van der Waals surface area (Å²) in [7, 11) is 0. The van der Waals surface area contributed by atoms with E-state index in [0.717, 1.165) is 12.8 Å². The number of hydrogen-bond acceptors (Lipinski definition) is 2. The minimum absolute atomic E-state index is 0.0381. The molecule has 1 saturated heterocycles. The first kappa shape index (κ1) is 14.7. The molecule has 17 heavy (non-hydrogen) atoms. The zero-order valence-corrected chi connectivity index (χ0v) is 12.2. The van der Waals surface area contributed by atoms with E-state index in [2.05, 4.69) is 27.0 Å². The monoisotopic (exact) mass is 259 g/mol. The highest BCUT2D eigenvalue weighted by atomic mass is 32.2. The van der Waals surface area contributed by atoms with Crippen molar-refractivity contribution in [3.8, 4) is 0 Å². The first-order valence-corrected chi connectivity index (χ1v) is 7.74. The molecule has 2 unspecified atom stereocenters. The number of amides is 1. The third-order valence-electron chi connectivity index (χ3n) is 3.69. The number of thioether (sulfide) groups is 1. The Morgan fingerprint density at radius 2 is 2.12 bits per heavy atom. The van der Waals surface area contributed by atoms with Crippen LogP contribution in [-0.2, 0) is 0 Å². The summed E-state index contributed by atoms with van der Waals surface area (Å²) in [5, 5.41) is 9.26. The van der Waals surface area contributed by atoms with Gasteiger partial charge in [-0.25, -0.2) is 4.79 Å². The van der Waals surface area contributed by atoms with E-state index in [0.29, 0.717) is 12.5 Å². The predicted molar refractivity (Wildman–Crippen MR) is 73.7 cm³/mol. The molecule has 0 radical (unpaired) electrons. The van der Waals surface area contributed by atoms with E-state index in [1.807, 2.05) is 11.8 Å². The smallest absolute Gasteiger partial charge is 0.407 e. The van der Waals surface area contributed by atoms with Gasteiger partial charge in [0.05, 0.1) is 0 Å². The fourth-order valence-electron chi connectivity index (χ4n) is 2.64. The molecule has 0 aromatic rings. The van der Waals surface area contributed by atoms with Crippen molar-refractivity contribution >= 4 is 17.9 Å². The van der Waals surface area contributed by atoms with Gasteiger partial charge in [-0.1, -0.05) is 20.8 Å². The zero-order valence-electron chi connectivity index (χ0n) is 11.4. The molecule has 0 spiro atoms. The van der Waals surface area contributed by atoms with Crippen molar-refractivity contribution in [2.75, 3.05) is 18.6 Å². The predicted octanol–water partition coefficient (Wildman–Crippen LogP) is 3.54. The summed E-state index contributed by atoms with van der Waals surface area (Å²) in [4.78, 5) is 12.9. The Balaban J connectivity index is 2.67. The lowest BCUT2D eigenvalue weighted by molar-refractivity contribution is 0.0401. The lowest BCUT2D eigenvalue weighted by atomic mass is 9.76. The van der Waals surface area contributed by atoms with E-state index < -0.39 is 6.09 Å². The molecule has 1 fully saturated rings.